The molecule has 5 nitrogen and oxygen atoms in total. The fraction of sp³-hybridized carbons (Fsp3) is 0.200. The first-order chi connectivity index (χ1) is 8.06. The molecule has 0 N–H and O–H groups in total. The van der Waals surface area contributed by atoms with Crippen molar-refractivity contribution in [2.45, 2.75) is 6.42 Å². The van der Waals surface area contributed by atoms with Crippen LogP contribution < -0.4 is 0 Å². The van der Waals surface area contributed by atoms with E-state index in [-0.39, 0.29) is 12.2 Å². The van der Waals surface area contributed by atoms with E-state index in [1.165, 1.54) is 0 Å². The third-order valence-corrected chi connectivity index (χ3v) is 3.10. The largest absolute Gasteiger partial charge is 0.292 e. The Morgan fingerprint density at radius 3 is 2.82 bits per heavy atom. The summed E-state index contributed by atoms with van der Waals surface area (Å²) in [6.07, 6.45) is 3.50. The van der Waals surface area contributed by atoms with Crippen molar-refractivity contribution in [2.24, 2.45) is 7.05 Å². The van der Waals surface area contributed by atoms with E-state index in [0.717, 1.165) is 4.47 Å². The minimum Gasteiger partial charge on any atom is -0.292 e. The van der Waals surface area contributed by atoms with Gasteiger partial charge in [-0.05, 0) is 37.9 Å². The normalized spacial score (nSPS) is 10.5. The molecule has 0 spiro atoms. The second kappa shape index (κ2) is 5.05. The SMILES string of the molecule is Cn1cc(CC(=O)c2ncc(Br)cc2Br)nn1. The van der Waals surface area contributed by atoms with E-state index in [4.69, 9.17) is 0 Å². The Morgan fingerprint density at radius 1 is 1.47 bits per heavy atom. The van der Waals surface area contributed by atoms with Crippen LogP contribution in [0.1, 0.15) is 16.2 Å². The monoisotopic (exact) mass is 358 g/mol. The van der Waals surface area contributed by atoms with Crippen LogP contribution in [0.3, 0.4) is 0 Å². The van der Waals surface area contributed by atoms with Crippen molar-refractivity contribution in [1.29, 1.82) is 0 Å². The summed E-state index contributed by atoms with van der Waals surface area (Å²) in [6.45, 7) is 0. The number of halogens is 2. The number of ketones is 1. The minimum atomic E-state index is -0.0927. The van der Waals surface area contributed by atoms with Crippen LogP contribution >= 0.6 is 31.9 Å². The maximum atomic E-state index is 12.0. The van der Waals surface area contributed by atoms with E-state index in [2.05, 4.69) is 47.2 Å². The first kappa shape index (κ1) is 12.4. The highest BCUT2D eigenvalue weighted by molar-refractivity contribution is 9.11. The second-order valence-electron chi connectivity index (χ2n) is 3.47. The summed E-state index contributed by atoms with van der Waals surface area (Å²) < 4.78 is 3.05. The average molecular weight is 360 g/mol. The molecule has 2 heterocycles. The summed E-state index contributed by atoms with van der Waals surface area (Å²) in [6, 6.07) is 1.79. The van der Waals surface area contributed by atoms with Crippen LogP contribution in [0, 0.1) is 0 Å². The van der Waals surface area contributed by atoms with Crippen molar-refractivity contribution in [1.82, 2.24) is 20.0 Å². The average Bonchev–Trinajstić information content (AvgIpc) is 2.63. The summed E-state index contributed by atoms with van der Waals surface area (Å²) in [5.74, 6) is -0.0927. The fourth-order valence-corrected chi connectivity index (χ4v) is 2.55. The number of pyridine rings is 1. The lowest BCUT2D eigenvalue weighted by molar-refractivity contribution is 0.0986. The van der Waals surface area contributed by atoms with Crippen molar-refractivity contribution < 1.29 is 4.79 Å². The van der Waals surface area contributed by atoms with Gasteiger partial charge in [0.25, 0.3) is 0 Å². The van der Waals surface area contributed by atoms with Crippen molar-refractivity contribution in [3.05, 3.63) is 38.8 Å². The standard InChI is InChI=1S/C10H8Br2N4O/c1-16-5-7(14-15-16)3-9(17)10-8(12)2-6(11)4-13-10/h2,4-5H,3H2,1H3. The van der Waals surface area contributed by atoms with Crippen LogP contribution in [0.4, 0.5) is 0 Å². The van der Waals surface area contributed by atoms with Crippen molar-refractivity contribution in [2.75, 3.05) is 0 Å². The van der Waals surface area contributed by atoms with Gasteiger partial charge in [-0.3, -0.25) is 14.5 Å². The van der Waals surface area contributed by atoms with Gasteiger partial charge in [0.2, 0.25) is 0 Å². The Hall–Kier alpha value is -1.08. The van der Waals surface area contributed by atoms with Gasteiger partial charge < -0.3 is 0 Å². The quantitative estimate of drug-likeness (QED) is 0.788. The first-order valence-electron chi connectivity index (χ1n) is 4.75. The molecule has 0 saturated carbocycles. The molecular weight excluding hydrogens is 352 g/mol. The van der Waals surface area contributed by atoms with Crippen LogP contribution in [-0.2, 0) is 13.5 Å². The van der Waals surface area contributed by atoms with Gasteiger partial charge in [-0.15, -0.1) is 5.10 Å². The number of aryl methyl sites for hydroxylation is 1. The number of nitrogens with zero attached hydrogens (tertiary/aromatic N) is 4. The molecule has 0 aliphatic rings. The first-order valence-corrected chi connectivity index (χ1v) is 6.34. The Balaban J connectivity index is 2.20. The summed E-state index contributed by atoms with van der Waals surface area (Å²) in [4.78, 5) is 16.1. The Bertz CT molecular complexity index is 567. The van der Waals surface area contributed by atoms with E-state index in [1.807, 2.05) is 0 Å². The predicted molar refractivity (Wildman–Crippen MR) is 68.7 cm³/mol. The zero-order chi connectivity index (χ0) is 12.4. The molecule has 0 fully saturated rings. The van der Waals surface area contributed by atoms with Gasteiger partial charge in [-0.25, -0.2) is 0 Å². The fourth-order valence-electron chi connectivity index (χ4n) is 1.34. The molecule has 0 aromatic carbocycles. The van der Waals surface area contributed by atoms with E-state index < -0.39 is 0 Å². The third kappa shape index (κ3) is 2.98. The highest BCUT2D eigenvalue weighted by Crippen LogP contribution is 2.20. The van der Waals surface area contributed by atoms with Gasteiger partial charge in [0.05, 0.1) is 12.1 Å². The summed E-state index contributed by atoms with van der Waals surface area (Å²) >= 11 is 6.60. The molecule has 0 amide bonds. The second-order valence-corrected chi connectivity index (χ2v) is 5.24. The van der Waals surface area contributed by atoms with Crippen molar-refractivity contribution in [3.8, 4) is 0 Å². The summed E-state index contributed by atoms with van der Waals surface area (Å²) in [7, 11) is 1.76. The van der Waals surface area contributed by atoms with Gasteiger partial charge in [0.15, 0.2) is 5.78 Å². The Labute approximate surface area is 114 Å². The molecule has 0 saturated heterocycles. The minimum absolute atomic E-state index is 0.0927. The van der Waals surface area contributed by atoms with Crippen molar-refractivity contribution >= 4 is 37.6 Å². The molecule has 0 unspecified atom stereocenters. The smallest absolute Gasteiger partial charge is 0.188 e. The molecule has 0 aliphatic heterocycles. The molecule has 17 heavy (non-hydrogen) atoms. The van der Waals surface area contributed by atoms with Crippen molar-refractivity contribution in [3.63, 3.8) is 0 Å². The van der Waals surface area contributed by atoms with Gasteiger partial charge >= 0.3 is 0 Å². The Kier molecular flexibility index (Phi) is 3.68. The molecule has 0 radical (unpaired) electrons. The molecular formula is C10H8Br2N4O. The lowest BCUT2D eigenvalue weighted by atomic mass is 10.1. The van der Waals surface area contributed by atoms with Gasteiger partial charge in [-0.1, -0.05) is 5.21 Å². The number of carbonyl (C=O) groups excluding carboxylic acids is 1. The maximum absolute atomic E-state index is 12.0. The van der Waals surface area contributed by atoms with E-state index >= 15 is 0 Å². The predicted octanol–water partition coefficient (Wildman–Crippen LogP) is 2.16. The molecule has 2 aromatic rings. The third-order valence-electron chi connectivity index (χ3n) is 2.06. The maximum Gasteiger partial charge on any atom is 0.188 e. The van der Waals surface area contributed by atoms with Crippen LogP contribution in [0.15, 0.2) is 27.4 Å². The van der Waals surface area contributed by atoms with Crippen LogP contribution in [0.5, 0.6) is 0 Å². The molecule has 2 rings (SSSR count). The number of hydrogen-bond donors (Lipinski definition) is 0. The molecule has 0 atom stereocenters. The Morgan fingerprint density at radius 2 is 2.24 bits per heavy atom. The zero-order valence-corrected chi connectivity index (χ0v) is 12.1. The van der Waals surface area contributed by atoms with E-state index in [0.29, 0.717) is 15.9 Å². The van der Waals surface area contributed by atoms with Crippen LogP contribution in [-0.4, -0.2) is 25.8 Å². The highest BCUT2D eigenvalue weighted by Gasteiger charge is 2.14. The molecule has 0 aliphatic carbocycles. The van der Waals surface area contributed by atoms with Crippen LogP contribution in [0.25, 0.3) is 0 Å². The van der Waals surface area contributed by atoms with E-state index in [9.17, 15) is 4.79 Å². The highest BCUT2D eigenvalue weighted by atomic mass is 79.9. The molecule has 7 heteroatoms. The lowest BCUT2D eigenvalue weighted by Crippen LogP contribution is -2.07. The number of carbonyl (C=O) groups is 1. The van der Waals surface area contributed by atoms with E-state index in [1.54, 1.807) is 30.2 Å². The van der Waals surface area contributed by atoms with Gasteiger partial charge in [-0.2, -0.15) is 0 Å². The van der Waals surface area contributed by atoms with Gasteiger partial charge in [0.1, 0.15) is 5.69 Å². The number of Topliss-reactive ketones (excluding diaryl/α,β-unsaturated/α-hetero) is 1. The topological polar surface area (TPSA) is 60.7 Å². The van der Waals surface area contributed by atoms with Crippen LogP contribution in [0.2, 0.25) is 0 Å². The molecule has 0 bridgehead atoms. The number of aromatic nitrogens is 4. The lowest BCUT2D eigenvalue weighted by Gasteiger charge is -2.01. The molecule has 88 valence electrons. The zero-order valence-electron chi connectivity index (χ0n) is 8.89. The number of rotatable bonds is 3. The number of hydrogen-bond acceptors (Lipinski definition) is 4. The molecule has 2 aromatic heterocycles. The summed E-state index contributed by atoms with van der Waals surface area (Å²) in [5.41, 5.74) is 1.04. The van der Waals surface area contributed by atoms with Gasteiger partial charge in [0, 0.05) is 28.4 Å². The summed E-state index contributed by atoms with van der Waals surface area (Å²) in [5, 5.41) is 7.64.